The molecule has 0 aromatic rings. The molecule has 0 fully saturated rings. The van der Waals surface area contributed by atoms with Gasteiger partial charge in [-0.15, -0.1) is 0 Å². The average molecular weight is 1100 g/mol. The third kappa shape index (κ3) is 57.4. The number of esters is 1. The van der Waals surface area contributed by atoms with Gasteiger partial charge in [0.2, 0.25) is 5.91 Å². The summed E-state index contributed by atoms with van der Waals surface area (Å²) in [4.78, 5) is 37.7. The molecule has 0 radical (unpaired) electrons. The monoisotopic (exact) mass is 1100 g/mol. The summed E-state index contributed by atoms with van der Waals surface area (Å²) in [6, 6.07) is -0.878. The zero-order valence-corrected chi connectivity index (χ0v) is 51.6. The highest BCUT2D eigenvalue weighted by molar-refractivity contribution is 7.47. The number of nitrogens with one attached hydrogen (secondary N) is 1. The summed E-state index contributed by atoms with van der Waals surface area (Å²) in [5, 5.41) is 3.03. The number of carbonyl (C=O) groups is 2. The van der Waals surface area contributed by atoms with Crippen molar-refractivity contribution in [1.29, 1.82) is 0 Å². The summed E-state index contributed by atoms with van der Waals surface area (Å²) in [5.74, 6) is -0.562. The van der Waals surface area contributed by atoms with Crippen molar-refractivity contribution in [3.05, 3.63) is 97.2 Å². The minimum absolute atomic E-state index is 0.0268. The first-order chi connectivity index (χ1) is 37.4. The summed E-state index contributed by atoms with van der Waals surface area (Å²) in [6.45, 7) is 6.86. The molecule has 0 saturated heterocycles. The van der Waals surface area contributed by atoms with Gasteiger partial charge in [-0.25, -0.2) is 4.57 Å². The fourth-order valence-corrected chi connectivity index (χ4v) is 9.38. The predicted molar refractivity (Wildman–Crippen MR) is 332 cm³/mol. The van der Waals surface area contributed by atoms with Crippen LogP contribution in [0.15, 0.2) is 97.2 Å². The summed E-state index contributed by atoms with van der Waals surface area (Å²) in [5.41, 5.74) is 0. The van der Waals surface area contributed by atoms with Crippen molar-refractivity contribution >= 4 is 19.7 Å². The number of quaternary nitrogens is 1. The van der Waals surface area contributed by atoms with Gasteiger partial charge in [-0.3, -0.25) is 18.6 Å². The molecule has 10 heteroatoms. The van der Waals surface area contributed by atoms with Crippen LogP contribution in [-0.2, 0) is 27.9 Å². The maximum Gasteiger partial charge on any atom is 0.472 e. The number of amides is 1. The Bertz CT molecular complexity index is 1640. The molecule has 1 amide bonds. The van der Waals surface area contributed by atoms with Crippen LogP contribution in [0.25, 0.3) is 0 Å². The largest absolute Gasteiger partial charge is 0.472 e. The van der Waals surface area contributed by atoms with Crippen molar-refractivity contribution < 1.29 is 37.3 Å². The Morgan fingerprint density at radius 1 is 0.468 bits per heavy atom. The molecule has 3 unspecified atom stereocenters. The summed E-state index contributed by atoms with van der Waals surface area (Å²) in [6.07, 6.45) is 75.5. The van der Waals surface area contributed by atoms with Crippen molar-refractivity contribution in [1.82, 2.24) is 5.32 Å². The van der Waals surface area contributed by atoms with Crippen molar-refractivity contribution in [2.24, 2.45) is 0 Å². The van der Waals surface area contributed by atoms with E-state index in [-0.39, 0.29) is 37.9 Å². The molecule has 3 atom stereocenters. The van der Waals surface area contributed by atoms with E-state index in [1.54, 1.807) is 0 Å². The number of hydrogen-bond acceptors (Lipinski definition) is 6. The second-order valence-corrected chi connectivity index (χ2v) is 23.6. The highest BCUT2D eigenvalue weighted by Gasteiger charge is 2.30. The van der Waals surface area contributed by atoms with Crippen molar-refractivity contribution in [2.75, 3.05) is 40.9 Å². The normalized spacial score (nSPS) is 14.3. The number of rotatable bonds is 56. The summed E-state index contributed by atoms with van der Waals surface area (Å²) < 4.78 is 30.7. The molecule has 0 saturated carbocycles. The molecule has 0 heterocycles. The minimum Gasteiger partial charge on any atom is -0.456 e. The zero-order valence-electron chi connectivity index (χ0n) is 50.7. The topological polar surface area (TPSA) is 111 Å². The maximum absolute atomic E-state index is 13.5. The molecule has 0 bridgehead atoms. The van der Waals surface area contributed by atoms with Gasteiger partial charge in [0.1, 0.15) is 19.3 Å². The number of phosphoric ester groups is 1. The SMILES string of the molecule is CC/C=C\C/C=C\C/C=C\C/C=C\C/C=C\C/C=C\CCCCC(=O)NC(COP(=O)(O)OCC[N+](C)(C)C)C(/C=C\CCCCCCCCCCCCC)OC(=O)CCCCCCCCC/C=C/CCCCCCCC. The van der Waals surface area contributed by atoms with E-state index >= 15 is 0 Å². The second-order valence-electron chi connectivity index (χ2n) is 22.2. The minimum atomic E-state index is -4.47. The van der Waals surface area contributed by atoms with Crippen LogP contribution in [0.5, 0.6) is 0 Å². The lowest BCUT2D eigenvalue weighted by molar-refractivity contribution is -0.870. The molecular formula is C67H120N2O7P+. The van der Waals surface area contributed by atoms with Gasteiger partial charge in [0.05, 0.1) is 33.8 Å². The second kappa shape index (κ2) is 56.2. The van der Waals surface area contributed by atoms with Crippen molar-refractivity contribution in [2.45, 2.75) is 277 Å². The molecular weight excluding hydrogens is 976 g/mol. The van der Waals surface area contributed by atoms with Crippen LogP contribution in [0.1, 0.15) is 265 Å². The Hall–Kier alpha value is -3.07. The number of phosphoric acid groups is 1. The third-order valence-corrected chi connectivity index (χ3v) is 14.5. The van der Waals surface area contributed by atoms with Crippen LogP contribution in [0.3, 0.4) is 0 Å². The van der Waals surface area contributed by atoms with Gasteiger partial charge in [-0.1, -0.05) is 240 Å². The number of allylic oxidation sites excluding steroid dienone is 15. The van der Waals surface area contributed by atoms with Crippen LogP contribution in [0, 0.1) is 0 Å². The number of ether oxygens (including phenoxy) is 1. The molecule has 0 rings (SSSR count). The Balaban J connectivity index is 5.37. The average Bonchev–Trinajstić information content (AvgIpc) is 3.39. The fourth-order valence-electron chi connectivity index (χ4n) is 8.64. The Kier molecular flexibility index (Phi) is 54.0. The molecule has 444 valence electrons. The van der Waals surface area contributed by atoms with E-state index in [2.05, 4.69) is 111 Å². The summed E-state index contributed by atoms with van der Waals surface area (Å²) in [7, 11) is 1.46. The molecule has 0 aromatic carbocycles. The van der Waals surface area contributed by atoms with Gasteiger partial charge in [0, 0.05) is 12.8 Å². The number of unbranched alkanes of at least 4 members (excludes halogenated alkanes) is 26. The molecule has 0 aliphatic carbocycles. The molecule has 77 heavy (non-hydrogen) atoms. The first-order valence-corrected chi connectivity index (χ1v) is 33.1. The van der Waals surface area contributed by atoms with Crippen LogP contribution in [0.4, 0.5) is 0 Å². The van der Waals surface area contributed by atoms with Gasteiger partial charge >= 0.3 is 13.8 Å². The first-order valence-electron chi connectivity index (χ1n) is 31.6. The van der Waals surface area contributed by atoms with Gasteiger partial charge in [0.15, 0.2) is 0 Å². The van der Waals surface area contributed by atoms with E-state index < -0.39 is 20.0 Å². The van der Waals surface area contributed by atoms with E-state index in [4.69, 9.17) is 13.8 Å². The van der Waals surface area contributed by atoms with E-state index in [0.717, 1.165) is 103 Å². The lowest BCUT2D eigenvalue weighted by Gasteiger charge is -2.27. The standard InChI is InChI=1S/C67H119N2O7P/c1-7-10-13-16-19-22-25-28-30-32-33-34-35-37-38-41-44-47-50-53-56-59-66(70)68-64(63-75-77(72,73)74-62-61-69(4,5)6)65(58-55-52-49-46-43-40-27-24-21-18-15-12-9-3)76-67(71)60-57-54-51-48-45-42-39-36-31-29-26-23-20-17-14-11-8-2/h10,13,19,22,28-31,33-34,37-38,44,47,55,58,64-65H,7-9,11-12,14-18,20-21,23-27,32,35-36,39-43,45-46,48-54,56-57,59-63H2,1-6H3,(H-,68,70,72,73)/p+1/b13-10-,22-19-,30-28-,31-29+,34-33-,38-37-,47-44-,58-55-. The lowest BCUT2D eigenvalue weighted by atomic mass is 10.0. The van der Waals surface area contributed by atoms with Crippen molar-refractivity contribution in [3.8, 4) is 0 Å². The van der Waals surface area contributed by atoms with Gasteiger partial charge in [-0.05, 0) is 109 Å². The maximum atomic E-state index is 13.5. The number of nitrogens with zero attached hydrogens (tertiary/aromatic N) is 1. The Morgan fingerprint density at radius 3 is 1.27 bits per heavy atom. The zero-order chi connectivity index (χ0) is 56.4. The number of likely N-dealkylation sites (N-methyl/N-ethyl adjacent to an activating group) is 1. The Morgan fingerprint density at radius 2 is 0.831 bits per heavy atom. The van der Waals surface area contributed by atoms with E-state index in [0.29, 0.717) is 17.4 Å². The molecule has 0 spiro atoms. The fraction of sp³-hybridized carbons (Fsp3) is 0.731. The quantitative estimate of drug-likeness (QED) is 0.0205. The van der Waals surface area contributed by atoms with Crippen molar-refractivity contribution in [3.63, 3.8) is 0 Å². The van der Waals surface area contributed by atoms with E-state index in [9.17, 15) is 19.0 Å². The highest BCUT2D eigenvalue weighted by Crippen LogP contribution is 2.43. The van der Waals surface area contributed by atoms with Gasteiger partial charge in [0.25, 0.3) is 0 Å². The highest BCUT2D eigenvalue weighted by atomic mass is 31.2. The number of hydrogen-bond donors (Lipinski definition) is 2. The van der Waals surface area contributed by atoms with E-state index in [1.165, 1.54) is 122 Å². The molecule has 2 N–H and O–H groups in total. The predicted octanol–water partition coefficient (Wildman–Crippen LogP) is 19.6. The van der Waals surface area contributed by atoms with Gasteiger partial charge < -0.3 is 19.4 Å². The molecule has 0 aromatic heterocycles. The van der Waals surface area contributed by atoms with Crippen LogP contribution >= 0.6 is 7.82 Å². The van der Waals surface area contributed by atoms with Crippen LogP contribution < -0.4 is 5.32 Å². The third-order valence-electron chi connectivity index (χ3n) is 13.5. The smallest absolute Gasteiger partial charge is 0.456 e. The van der Waals surface area contributed by atoms with Crippen LogP contribution in [0.2, 0.25) is 0 Å². The molecule has 9 nitrogen and oxygen atoms in total. The molecule has 0 aliphatic heterocycles. The molecule has 0 aliphatic rings. The number of carbonyl (C=O) groups excluding carboxylic acids is 2. The van der Waals surface area contributed by atoms with Gasteiger partial charge in [-0.2, -0.15) is 0 Å². The first kappa shape index (κ1) is 73.9. The lowest BCUT2D eigenvalue weighted by Crippen LogP contribution is -2.47. The Labute approximate surface area is 475 Å². The van der Waals surface area contributed by atoms with E-state index in [1.807, 2.05) is 33.3 Å². The summed E-state index contributed by atoms with van der Waals surface area (Å²) >= 11 is 0. The van der Waals surface area contributed by atoms with Crippen LogP contribution in [-0.4, -0.2) is 74.3 Å².